The number of rotatable bonds is 2. The summed E-state index contributed by atoms with van der Waals surface area (Å²) in [5.41, 5.74) is 0.937. The molecule has 0 atom stereocenters. The lowest BCUT2D eigenvalue weighted by Crippen LogP contribution is -1.95. The second-order valence-corrected chi connectivity index (χ2v) is 4.11. The van der Waals surface area contributed by atoms with Crippen molar-refractivity contribution in [2.45, 2.75) is 17.1 Å². The van der Waals surface area contributed by atoms with Gasteiger partial charge in [-0.05, 0) is 40.7 Å². The quantitative estimate of drug-likeness (QED) is 0.581. The van der Waals surface area contributed by atoms with Gasteiger partial charge in [0.15, 0.2) is 0 Å². The summed E-state index contributed by atoms with van der Waals surface area (Å²) >= 11 is 7.06. The third-order valence-electron chi connectivity index (χ3n) is 1.67. The minimum Gasteiger partial charge on any atom is -0.226 e. The molecule has 8 heteroatoms. The molecule has 2 heterocycles. The van der Waals surface area contributed by atoms with Gasteiger partial charge in [0.2, 0.25) is 10.4 Å². The fourth-order valence-electron chi connectivity index (χ4n) is 0.904. The largest absolute Gasteiger partial charge is 0.226 e. The number of tetrazole rings is 1. The van der Waals surface area contributed by atoms with E-state index >= 15 is 0 Å². The Kier molecular flexibility index (Phi) is 2.83. The monoisotopic (exact) mass is 242 g/mol. The number of hydrogen-bond donors (Lipinski definition) is 0. The Morgan fingerprint density at radius 1 is 1.47 bits per heavy atom. The maximum Gasteiger partial charge on any atom is 0.223 e. The first-order chi connectivity index (χ1) is 7.16. The predicted octanol–water partition coefficient (Wildman–Crippen LogP) is 1.11. The van der Waals surface area contributed by atoms with Crippen molar-refractivity contribution in [2.24, 2.45) is 7.05 Å². The van der Waals surface area contributed by atoms with Gasteiger partial charge in [-0.15, -0.1) is 5.10 Å². The standard InChI is InChI=1S/C7H7ClN6S/c1-4-3-9-6(8)10-5(4)15-7-11-12-13-14(7)2/h3H,1-2H3. The van der Waals surface area contributed by atoms with Gasteiger partial charge in [-0.1, -0.05) is 0 Å². The van der Waals surface area contributed by atoms with E-state index in [0.717, 1.165) is 10.6 Å². The molecule has 0 spiro atoms. The van der Waals surface area contributed by atoms with Crippen molar-refractivity contribution < 1.29 is 0 Å². The Morgan fingerprint density at radius 2 is 2.27 bits per heavy atom. The number of nitrogens with zero attached hydrogens (tertiary/aromatic N) is 6. The lowest BCUT2D eigenvalue weighted by Gasteiger charge is -2.01. The molecule has 78 valence electrons. The molecule has 0 radical (unpaired) electrons. The van der Waals surface area contributed by atoms with Crippen molar-refractivity contribution in [1.29, 1.82) is 0 Å². The molecule has 0 bridgehead atoms. The van der Waals surface area contributed by atoms with Crippen molar-refractivity contribution in [3.63, 3.8) is 0 Å². The Bertz CT molecular complexity index is 484. The Morgan fingerprint density at radius 3 is 2.93 bits per heavy atom. The van der Waals surface area contributed by atoms with Crippen LogP contribution in [0.2, 0.25) is 5.28 Å². The molecule has 0 saturated carbocycles. The van der Waals surface area contributed by atoms with Gasteiger partial charge in [-0.3, -0.25) is 0 Å². The number of hydrogen-bond acceptors (Lipinski definition) is 6. The number of halogens is 1. The molecule has 15 heavy (non-hydrogen) atoms. The summed E-state index contributed by atoms with van der Waals surface area (Å²) < 4.78 is 1.57. The predicted molar refractivity (Wildman–Crippen MR) is 54.7 cm³/mol. The summed E-state index contributed by atoms with van der Waals surface area (Å²) in [6, 6.07) is 0. The van der Waals surface area contributed by atoms with E-state index in [2.05, 4.69) is 25.5 Å². The zero-order chi connectivity index (χ0) is 10.8. The summed E-state index contributed by atoms with van der Waals surface area (Å²) in [5, 5.41) is 12.7. The van der Waals surface area contributed by atoms with Crippen molar-refractivity contribution in [2.75, 3.05) is 0 Å². The van der Waals surface area contributed by atoms with Crippen LogP contribution in [0.1, 0.15) is 5.56 Å². The van der Waals surface area contributed by atoms with Crippen LogP contribution in [-0.2, 0) is 7.05 Å². The molecule has 0 aliphatic heterocycles. The maximum atomic E-state index is 5.70. The van der Waals surface area contributed by atoms with E-state index in [1.807, 2.05) is 6.92 Å². The summed E-state index contributed by atoms with van der Waals surface area (Å²) in [4.78, 5) is 7.97. The zero-order valence-corrected chi connectivity index (χ0v) is 9.62. The fraction of sp³-hybridized carbons (Fsp3) is 0.286. The summed E-state index contributed by atoms with van der Waals surface area (Å²) in [6.07, 6.45) is 1.67. The lowest BCUT2D eigenvalue weighted by molar-refractivity contribution is 0.664. The SMILES string of the molecule is Cc1cnc(Cl)nc1Sc1nnnn1C. The molecule has 0 fully saturated rings. The zero-order valence-electron chi connectivity index (χ0n) is 8.05. The van der Waals surface area contributed by atoms with Crippen LogP contribution in [0.25, 0.3) is 0 Å². The molecule has 0 aliphatic carbocycles. The number of aryl methyl sites for hydroxylation is 2. The first-order valence-electron chi connectivity index (χ1n) is 4.06. The van der Waals surface area contributed by atoms with Crippen molar-refractivity contribution in [3.8, 4) is 0 Å². The van der Waals surface area contributed by atoms with Crippen LogP contribution in [0, 0.1) is 6.92 Å². The van der Waals surface area contributed by atoms with Gasteiger partial charge < -0.3 is 0 Å². The van der Waals surface area contributed by atoms with Crippen molar-refractivity contribution in [1.82, 2.24) is 30.2 Å². The molecular weight excluding hydrogens is 236 g/mol. The molecule has 0 amide bonds. The molecule has 0 unspecified atom stereocenters. The van der Waals surface area contributed by atoms with Crippen LogP contribution >= 0.6 is 23.4 Å². The van der Waals surface area contributed by atoms with Crippen LogP contribution in [0.5, 0.6) is 0 Å². The van der Waals surface area contributed by atoms with E-state index in [0.29, 0.717) is 5.16 Å². The molecule has 6 nitrogen and oxygen atoms in total. The van der Waals surface area contributed by atoms with Gasteiger partial charge in [0.1, 0.15) is 5.03 Å². The third-order valence-corrected chi connectivity index (χ3v) is 2.98. The van der Waals surface area contributed by atoms with Gasteiger partial charge in [0, 0.05) is 18.8 Å². The molecular formula is C7H7ClN6S. The maximum absolute atomic E-state index is 5.70. The molecule has 0 N–H and O–H groups in total. The highest BCUT2D eigenvalue weighted by molar-refractivity contribution is 7.99. The second-order valence-electron chi connectivity index (χ2n) is 2.81. The second kappa shape index (κ2) is 4.11. The Balaban J connectivity index is 2.32. The van der Waals surface area contributed by atoms with Crippen molar-refractivity contribution >= 4 is 23.4 Å². The summed E-state index contributed by atoms with van der Waals surface area (Å²) in [5.74, 6) is 0. The van der Waals surface area contributed by atoms with E-state index in [4.69, 9.17) is 11.6 Å². The lowest BCUT2D eigenvalue weighted by atomic mass is 10.4. The molecule has 2 rings (SSSR count). The molecule has 0 saturated heterocycles. The average molecular weight is 243 g/mol. The van der Waals surface area contributed by atoms with E-state index in [-0.39, 0.29) is 5.28 Å². The van der Waals surface area contributed by atoms with Gasteiger partial charge in [0.25, 0.3) is 0 Å². The average Bonchev–Trinajstić information content (AvgIpc) is 2.58. The van der Waals surface area contributed by atoms with E-state index in [9.17, 15) is 0 Å². The summed E-state index contributed by atoms with van der Waals surface area (Å²) in [6.45, 7) is 1.91. The fourth-order valence-corrected chi connectivity index (χ4v) is 1.85. The molecule has 2 aromatic rings. The first-order valence-corrected chi connectivity index (χ1v) is 5.25. The van der Waals surface area contributed by atoms with E-state index < -0.39 is 0 Å². The molecule has 2 aromatic heterocycles. The smallest absolute Gasteiger partial charge is 0.223 e. The van der Waals surface area contributed by atoms with Crippen LogP contribution in [0.4, 0.5) is 0 Å². The van der Waals surface area contributed by atoms with Crippen LogP contribution in [0.3, 0.4) is 0 Å². The minimum absolute atomic E-state index is 0.221. The Hall–Kier alpha value is -1.21. The Labute approximate surface area is 95.1 Å². The van der Waals surface area contributed by atoms with Gasteiger partial charge in [-0.2, -0.15) is 0 Å². The van der Waals surface area contributed by atoms with Crippen LogP contribution in [0.15, 0.2) is 16.4 Å². The van der Waals surface area contributed by atoms with E-state index in [1.165, 1.54) is 11.8 Å². The highest BCUT2D eigenvalue weighted by Gasteiger charge is 2.09. The topological polar surface area (TPSA) is 69.4 Å². The normalized spacial score (nSPS) is 10.6. The molecule has 0 aliphatic rings. The van der Waals surface area contributed by atoms with Crippen LogP contribution in [-0.4, -0.2) is 30.2 Å². The van der Waals surface area contributed by atoms with Crippen LogP contribution < -0.4 is 0 Å². The molecule has 0 aromatic carbocycles. The van der Waals surface area contributed by atoms with Crippen molar-refractivity contribution in [3.05, 3.63) is 17.0 Å². The first kappa shape index (κ1) is 10.3. The third kappa shape index (κ3) is 2.24. The summed E-state index contributed by atoms with van der Waals surface area (Å²) in [7, 11) is 1.76. The number of aromatic nitrogens is 6. The van der Waals surface area contributed by atoms with Gasteiger partial charge in [0.05, 0.1) is 0 Å². The highest BCUT2D eigenvalue weighted by Crippen LogP contribution is 2.26. The minimum atomic E-state index is 0.221. The van der Waals surface area contributed by atoms with Gasteiger partial charge >= 0.3 is 0 Å². The highest BCUT2D eigenvalue weighted by atomic mass is 35.5. The van der Waals surface area contributed by atoms with E-state index in [1.54, 1.807) is 17.9 Å². The van der Waals surface area contributed by atoms with Gasteiger partial charge in [-0.25, -0.2) is 14.6 Å².